The Morgan fingerprint density at radius 1 is 1.24 bits per heavy atom. The Kier molecular flexibility index (Phi) is 4.11. The molecular weight excluding hydrogens is 220 g/mol. The summed E-state index contributed by atoms with van der Waals surface area (Å²) in [5.41, 5.74) is 6.18. The molecule has 1 aromatic rings. The minimum atomic E-state index is -0.141. The van der Waals surface area contributed by atoms with Crippen molar-refractivity contribution < 1.29 is 9.47 Å². The summed E-state index contributed by atoms with van der Waals surface area (Å²) >= 11 is 0. The average Bonchev–Trinajstić information content (AvgIpc) is 2.21. The maximum absolute atomic E-state index is 5.91. The van der Waals surface area contributed by atoms with Crippen LogP contribution in [0.3, 0.4) is 0 Å². The molecule has 6 heteroatoms. The number of ether oxygens (including phenoxy) is 2. The Hall–Kier alpha value is -1.56. The second-order valence-electron chi connectivity index (χ2n) is 4.72. The summed E-state index contributed by atoms with van der Waals surface area (Å²) in [7, 11) is 3.11. The Morgan fingerprint density at radius 3 is 2.35 bits per heavy atom. The van der Waals surface area contributed by atoms with Crippen molar-refractivity contribution in [3.63, 3.8) is 0 Å². The second-order valence-corrected chi connectivity index (χ2v) is 4.72. The molecule has 0 aliphatic heterocycles. The Balaban J connectivity index is 3.13. The zero-order valence-corrected chi connectivity index (χ0v) is 11.0. The van der Waals surface area contributed by atoms with Gasteiger partial charge in [-0.25, -0.2) is 4.98 Å². The van der Waals surface area contributed by atoms with Crippen molar-refractivity contribution in [1.29, 1.82) is 0 Å². The number of nitrogen functional groups attached to an aromatic ring is 1. The van der Waals surface area contributed by atoms with Crippen LogP contribution in [0.2, 0.25) is 0 Å². The molecule has 0 unspecified atom stereocenters. The van der Waals surface area contributed by atoms with Crippen LogP contribution in [0.25, 0.3) is 0 Å². The van der Waals surface area contributed by atoms with Crippen LogP contribution in [-0.2, 0) is 11.3 Å². The molecule has 0 aliphatic rings. The van der Waals surface area contributed by atoms with Crippen molar-refractivity contribution in [2.75, 3.05) is 25.3 Å². The van der Waals surface area contributed by atoms with Crippen molar-refractivity contribution in [1.82, 2.24) is 9.97 Å². The van der Waals surface area contributed by atoms with Gasteiger partial charge >= 0.3 is 0 Å². The van der Waals surface area contributed by atoms with Gasteiger partial charge in [-0.15, -0.1) is 0 Å². The summed E-state index contributed by atoms with van der Waals surface area (Å²) in [6, 6.07) is 0. The molecule has 3 N–H and O–H groups in total. The van der Waals surface area contributed by atoms with Crippen molar-refractivity contribution >= 4 is 11.5 Å². The van der Waals surface area contributed by atoms with E-state index in [1.165, 1.54) is 7.11 Å². The van der Waals surface area contributed by atoms with E-state index in [1.807, 2.05) is 20.8 Å². The topological polar surface area (TPSA) is 82.3 Å². The van der Waals surface area contributed by atoms with Crippen molar-refractivity contribution in [2.45, 2.75) is 32.9 Å². The van der Waals surface area contributed by atoms with Crippen LogP contribution in [0.1, 0.15) is 26.6 Å². The third-order valence-electron chi connectivity index (χ3n) is 1.92. The van der Waals surface area contributed by atoms with E-state index in [0.717, 1.165) is 0 Å². The monoisotopic (exact) mass is 240 g/mol. The van der Waals surface area contributed by atoms with Crippen LogP contribution in [0, 0.1) is 0 Å². The van der Waals surface area contributed by atoms with E-state index in [9.17, 15) is 0 Å². The summed E-state index contributed by atoms with van der Waals surface area (Å²) in [5, 5.41) is 3.21. The largest absolute Gasteiger partial charge is 0.479 e. The van der Waals surface area contributed by atoms with E-state index in [2.05, 4.69) is 15.3 Å². The number of nitrogens with two attached hydrogens (primary N) is 1. The van der Waals surface area contributed by atoms with E-state index in [0.29, 0.717) is 29.8 Å². The number of hydrogen-bond acceptors (Lipinski definition) is 6. The molecule has 0 bridgehead atoms. The first-order valence-electron chi connectivity index (χ1n) is 5.35. The van der Waals surface area contributed by atoms with Crippen LogP contribution in [0.4, 0.5) is 11.5 Å². The first-order chi connectivity index (χ1) is 7.87. The fourth-order valence-corrected chi connectivity index (χ4v) is 1.29. The fourth-order valence-electron chi connectivity index (χ4n) is 1.29. The lowest BCUT2D eigenvalue weighted by molar-refractivity contribution is 0.177. The molecule has 0 aromatic carbocycles. The predicted octanol–water partition coefficient (Wildman–Crippen LogP) is 1.42. The summed E-state index contributed by atoms with van der Waals surface area (Å²) < 4.78 is 10.1. The zero-order valence-electron chi connectivity index (χ0n) is 11.0. The number of nitrogens with zero attached hydrogens (tertiary/aromatic N) is 2. The predicted molar refractivity (Wildman–Crippen MR) is 67.1 cm³/mol. The van der Waals surface area contributed by atoms with Gasteiger partial charge in [0.25, 0.3) is 0 Å². The first-order valence-corrected chi connectivity index (χ1v) is 5.35. The minimum absolute atomic E-state index is 0.141. The molecule has 0 amide bonds. The molecule has 17 heavy (non-hydrogen) atoms. The van der Waals surface area contributed by atoms with Gasteiger partial charge in [-0.05, 0) is 20.8 Å². The van der Waals surface area contributed by atoms with Gasteiger partial charge in [0.05, 0.1) is 7.11 Å². The summed E-state index contributed by atoms with van der Waals surface area (Å²) in [4.78, 5) is 8.45. The first kappa shape index (κ1) is 13.5. The number of nitrogens with one attached hydrogen (secondary N) is 1. The molecule has 0 saturated carbocycles. The van der Waals surface area contributed by atoms with Crippen molar-refractivity contribution in [2.24, 2.45) is 0 Å². The van der Waals surface area contributed by atoms with Gasteiger partial charge in [-0.2, -0.15) is 4.98 Å². The lowest BCUT2D eigenvalue weighted by atomic mass is 10.1. The maximum Gasteiger partial charge on any atom is 0.242 e. The second kappa shape index (κ2) is 5.18. The van der Waals surface area contributed by atoms with Gasteiger partial charge in [0.15, 0.2) is 11.6 Å². The Bertz CT molecular complexity index is 388. The van der Waals surface area contributed by atoms with Crippen molar-refractivity contribution in [3.8, 4) is 5.88 Å². The highest BCUT2D eigenvalue weighted by molar-refractivity contribution is 5.67. The molecule has 0 radical (unpaired) electrons. The Morgan fingerprint density at radius 2 is 1.88 bits per heavy atom. The van der Waals surface area contributed by atoms with E-state index in [-0.39, 0.29) is 5.54 Å². The maximum atomic E-state index is 5.91. The van der Waals surface area contributed by atoms with E-state index in [1.54, 1.807) is 7.11 Å². The van der Waals surface area contributed by atoms with Gasteiger partial charge in [0.1, 0.15) is 12.3 Å². The number of hydrogen-bond donors (Lipinski definition) is 2. The third-order valence-corrected chi connectivity index (χ3v) is 1.92. The SMILES string of the molecule is COCc1nc(NC(C)(C)C)c(N)c(OC)n1. The van der Waals surface area contributed by atoms with Crippen LogP contribution in [0.5, 0.6) is 5.88 Å². The average molecular weight is 240 g/mol. The molecule has 0 saturated heterocycles. The molecule has 0 aliphatic carbocycles. The molecule has 1 aromatic heterocycles. The van der Waals surface area contributed by atoms with E-state index < -0.39 is 0 Å². The summed E-state index contributed by atoms with van der Waals surface area (Å²) in [6.07, 6.45) is 0. The molecule has 96 valence electrons. The number of rotatable bonds is 4. The summed E-state index contributed by atoms with van der Waals surface area (Å²) in [5.74, 6) is 1.46. The zero-order chi connectivity index (χ0) is 13.1. The van der Waals surface area contributed by atoms with Crippen LogP contribution in [0.15, 0.2) is 0 Å². The summed E-state index contributed by atoms with van der Waals surface area (Å²) in [6.45, 7) is 6.39. The highest BCUT2D eigenvalue weighted by atomic mass is 16.5. The Labute approximate surface area is 102 Å². The third kappa shape index (κ3) is 3.74. The normalized spacial score (nSPS) is 11.4. The van der Waals surface area contributed by atoms with Gasteiger partial charge in [-0.3, -0.25) is 0 Å². The van der Waals surface area contributed by atoms with E-state index in [4.69, 9.17) is 15.2 Å². The van der Waals surface area contributed by atoms with Crippen molar-refractivity contribution in [3.05, 3.63) is 5.82 Å². The molecule has 0 spiro atoms. The minimum Gasteiger partial charge on any atom is -0.479 e. The highest BCUT2D eigenvalue weighted by Crippen LogP contribution is 2.27. The number of aromatic nitrogens is 2. The van der Waals surface area contributed by atoms with Crippen LogP contribution < -0.4 is 15.8 Å². The molecule has 1 rings (SSSR count). The van der Waals surface area contributed by atoms with Gasteiger partial charge in [-0.1, -0.05) is 0 Å². The molecule has 6 nitrogen and oxygen atoms in total. The van der Waals surface area contributed by atoms with Crippen LogP contribution >= 0.6 is 0 Å². The van der Waals surface area contributed by atoms with Crippen LogP contribution in [-0.4, -0.2) is 29.7 Å². The number of methoxy groups -OCH3 is 2. The molecule has 0 fully saturated rings. The standard InChI is InChI=1S/C11H20N4O2/c1-11(2,3)15-9-8(12)10(17-5)14-7(13-9)6-16-4/h6,12H2,1-5H3,(H,13,14,15). The van der Waals surface area contributed by atoms with Gasteiger partial charge < -0.3 is 20.5 Å². The molecular formula is C11H20N4O2. The molecule has 0 atom stereocenters. The smallest absolute Gasteiger partial charge is 0.242 e. The highest BCUT2D eigenvalue weighted by Gasteiger charge is 2.17. The lowest BCUT2D eigenvalue weighted by Gasteiger charge is -2.23. The molecule has 1 heterocycles. The van der Waals surface area contributed by atoms with E-state index >= 15 is 0 Å². The van der Waals surface area contributed by atoms with Gasteiger partial charge in [0, 0.05) is 12.6 Å². The quantitative estimate of drug-likeness (QED) is 0.828. The number of anilines is 2. The lowest BCUT2D eigenvalue weighted by Crippen LogP contribution is -2.28. The van der Waals surface area contributed by atoms with Gasteiger partial charge in [0.2, 0.25) is 5.88 Å². The fraction of sp³-hybridized carbons (Fsp3) is 0.636.